The van der Waals surface area contributed by atoms with Gasteiger partial charge in [-0.2, -0.15) is 0 Å². The highest BCUT2D eigenvalue weighted by Gasteiger charge is 2.21. The van der Waals surface area contributed by atoms with Crippen LogP contribution in [0, 0.1) is 11.8 Å². The Kier molecular flexibility index (Phi) is 3.47. The van der Waals surface area contributed by atoms with Crippen LogP contribution in [0.5, 0.6) is 0 Å². The Hall–Kier alpha value is -0.850. The van der Waals surface area contributed by atoms with Gasteiger partial charge < -0.3 is 4.79 Å². The van der Waals surface area contributed by atoms with Crippen LogP contribution in [0.1, 0.15) is 33.1 Å². The lowest BCUT2D eigenvalue weighted by molar-refractivity contribution is -0.108. The van der Waals surface area contributed by atoms with Gasteiger partial charge in [-0.3, -0.25) is 0 Å². The molecule has 0 radical (unpaired) electrons. The van der Waals surface area contributed by atoms with Crippen molar-refractivity contribution < 1.29 is 4.79 Å². The molecule has 13 heavy (non-hydrogen) atoms. The average molecular weight is 178 g/mol. The Morgan fingerprint density at radius 2 is 2.46 bits per heavy atom. The van der Waals surface area contributed by atoms with Gasteiger partial charge in [0.15, 0.2) is 0 Å². The Bertz CT molecular complexity index is 238. The zero-order chi connectivity index (χ0) is 9.84. The molecule has 0 aromatic rings. The summed E-state index contributed by atoms with van der Waals surface area (Å²) in [6, 6.07) is 0. The van der Waals surface area contributed by atoms with Crippen LogP contribution in [-0.2, 0) is 4.79 Å². The van der Waals surface area contributed by atoms with E-state index in [1.165, 1.54) is 11.1 Å². The number of hydrogen-bond donors (Lipinski definition) is 0. The number of allylic oxidation sites excluding steroid dienone is 3. The maximum absolute atomic E-state index is 10.4. The lowest BCUT2D eigenvalue weighted by Gasteiger charge is -2.27. The zero-order valence-electron chi connectivity index (χ0n) is 8.55. The molecule has 72 valence electrons. The Balaban J connectivity index is 2.65. The van der Waals surface area contributed by atoms with Gasteiger partial charge in [-0.15, -0.1) is 0 Å². The summed E-state index contributed by atoms with van der Waals surface area (Å²) < 4.78 is 0. The molecule has 0 saturated carbocycles. The quantitative estimate of drug-likeness (QED) is 0.479. The Morgan fingerprint density at radius 1 is 1.77 bits per heavy atom. The van der Waals surface area contributed by atoms with E-state index in [2.05, 4.69) is 26.5 Å². The fourth-order valence-electron chi connectivity index (χ4n) is 1.92. The second-order valence-electron chi connectivity index (χ2n) is 4.06. The number of aldehydes is 1. The first kappa shape index (κ1) is 10.2. The van der Waals surface area contributed by atoms with Crippen molar-refractivity contribution in [2.24, 2.45) is 11.8 Å². The predicted molar refractivity (Wildman–Crippen MR) is 55.5 cm³/mol. The molecule has 0 saturated heterocycles. The molecule has 0 heterocycles. The number of carbonyl (C=O) groups excluding carboxylic acids is 1. The van der Waals surface area contributed by atoms with Crippen molar-refractivity contribution in [2.45, 2.75) is 33.1 Å². The van der Waals surface area contributed by atoms with Crippen LogP contribution >= 0.6 is 0 Å². The average Bonchev–Trinajstić information content (AvgIpc) is 2.08. The summed E-state index contributed by atoms with van der Waals surface area (Å²) in [7, 11) is 0. The molecule has 2 atom stereocenters. The van der Waals surface area contributed by atoms with Gasteiger partial charge in [0, 0.05) is 6.42 Å². The molecule has 0 bridgehead atoms. The third-order valence-corrected chi connectivity index (χ3v) is 3.01. The number of carbonyl (C=O) groups is 1. The molecule has 1 nitrogen and oxygen atoms in total. The van der Waals surface area contributed by atoms with Gasteiger partial charge >= 0.3 is 0 Å². The molecule has 1 unspecified atom stereocenters. The molecule has 0 amide bonds. The SMILES string of the molecule is C=C(C)[C@@H]1CC=C(C)C(CC=O)C1. The lowest BCUT2D eigenvalue weighted by Crippen LogP contribution is -2.15. The summed E-state index contributed by atoms with van der Waals surface area (Å²) in [5, 5.41) is 0. The molecule has 0 aliphatic heterocycles. The number of hydrogen-bond acceptors (Lipinski definition) is 1. The van der Waals surface area contributed by atoms with Crippen molar-refractivity contribution in [1.82, 2.24) is 0 Å². The van der Waals surface area contributed by atoms with Crippen LogP contribution in [0.25, 0.3) is 0 Å². The monoisotopic (exact) mass is 178 g/mol. The van der Waals surface area contributed by atoms with Crippen LogP contribution in [0.15, 0.2) is 23.8 Å². The highest BCUT2D eigenvalue weighted by Crippen LogP contribution is 2.33. The van der Waals surface area contributed by atoms with E-state index in [4.69, 9.17) is 0 Å². The van der Waals surface area contributed by atoms with E-state index in [1.807, 2.05) is 0 Å². The van der Waals surface area contributed by atoms with Gasteiger partial charge in [-0.25, -0.2) is 0 Å². The van der Waals surface area contributed by atoms with E-state index < -0.39 is 0 Å². The normalized spacial score (nSPS) is 28.0. The van der Waals surface area contributed by atoms with Gasteiger partial charge in [0.05, 0.1) is 0 Å². The van der Waals surface area contributed by atoms with E-state index in [0.29, 0.717) is 18.3 Å². The fraction of sp³-hybridized carbons (Fsp3) is 0.583. The molecule has 0 aromatic heterocycles. The molecule has 1 rings (SSSR count). The molecule has 0 spiro atoms. The van der Waals surface area contributed by atoms with E-state index >= 15 is 0 Å². The van der Waals surface area contributed by atoms with Crippen molar-refractivity contribution in [3.05, 3.63) is 23.8 Å². The summed E-state index contributed by atoms with van der Waals surface area (Å²) in [5.74, 6) is 1.06. The Labute approximate surface area is 80.5 Å². The standard InChI is InChI=1S/C12H18O/c1-9(2)11-5-4-10(3)12(8-11)6-7-13/h4,7,11-12H,1,5-6,8H2,2-3H3/t11-,12?/m1/s1. The second-order valence-corrected chi connectivity index (χ2v) is 4.06. The zero-order valence-corrected chi connectivity index (χ0v) is 8.55. The molecule has 1 aliphatic rings. The fourth-order valence-corrected chi connectivity index (χ4v) is 1.92. The molecule has 0 aromatic carbocycles. The van der Waals surface area contributed by atoms with Crippen LogP contribution in [0.4, 0.5) is 0 Å². The molecular weight excluding hydrogens is 160 g/mol. The van der Waals surface area contributed by atoms with Crippen LogP contribution in [-0.4, -0.2) is 6.29 Å². The van der Waals surface area contributed by atoms with E-state index in [-0.39, 0.29) is 0 Å². The first-order chi connectivity index (χ1) is 6.15. The summed E-state index contributed by atoms with van der Waals surface area (Å²) in [6.45, 7) is 8.19. The van der Waals surface area contributed by atoms with Gasteiger partial charge in [0.2, 0.25) is 0 Å². The van der Waals surface area contributed by atoms with Gasteiger partial charge in [0.25, 0.3) is 0 Å². The summed E-state index contributed by atoms with van der Waals surface area (Å²) in [6.07, 6.45) is 6.18. The molecule has 0 fully saturated rings. The number of rotatable bonds is 3. The van der Waals surface area contributed by atoms with Crippen LogP contribution in [0.3, 0.4) is 0 Å². The molecule has 1 aliphatic carbocycles. The summed E-state index contributed by atoms with van der Waals surface area (Å²) in [5.41, 5.74) is 2.63. The molecular formula is C12H18O. The smallest absolute Gasteiger partial charge is 0.120 e. The topological polar surface area (TPSA) is 17.1 Å². The van der Waals surface area contributed by atoms with E-state index in [1.54, 1.807) is 0 Å². The molecule has 1 heteroatoms. The van der Waals surface area contributed by atoms with Crippen molar-refractivity contribution in [2.75, 3.05) is 0 Å². The summed E-state index contributed by atoms with van der Waals surface area (Å²) in [4.78, 5) is 10.4. The van der Waals surface area contributed by atoms with Gasteiger partial charge in [-0.05, 0) is 38.5 Å². The van der Waals surface area contributed by atoms with Crippen molar-refractivity contribution in [1.29, 1.82) is 0 Å². The van der Waals surface area contributed by atoms with Crippen molar-refractivity contribution >= 4 is 6.29 Å². The highest BCUT2D eigenvalue weighted by atomic mass is 16.1. The first-order valence-electron chi connectivity index (χ1n) is 4.90. The maximum Gasteiger partial charge on any atom is 0.120 e. The van der Waals surface area contributed by atoms with Crippen LogP contribution < -0.4 is 0 Å². The minimum atomic E-state index is 0.466. The Morgan fingerprint density at radius 3 is 3.00 bits per heavy atom. The van der Waals surface area contributed by atoms with Crippen molar-refractivity contribution in [3.63, 3.8) is 0 Å². The molecule has 0 N–H and O–H groups in total. The minimum Gasteiger partial charge on any atom is -0.303 e. The van der Waals surface area contributed by atoms with E-state index in [9.17, 15) is 4.79 Å². The van der Waals surface area contributed by atoms with Crippen molar-refractivity contribution in [3.8, 4) is 0 Å². The largest absolute Gasteiger partial charge is 0.303 e. The maximum atomic E-state index is 10.4. The van der Waals surface area contributed by atoms with E-state index in [0.717, 1.165) is 19.1 Å². The predicted octanol–water partition coefficient (Wildman–Crippen LogP) is 3.12. The third kappa shape index (κ3) is 2.55. The first-order valence-corrected chi connectivity index (χ1v) is 4.90. The third-order valence-electron chi connectivity index (χ3n) is 3.01. The van der Waals surface area contributed by atoms with Gasteiger partial charge in [0.1, 0.15) is 6.29 Å². The minimum absolute atomic E-state index is 0.466. The summed E-state index contributed by atoms with van der Waals surface area (Å²) >= 11 is 0. The van der Waals surface area contributed by atoms with Gasteiger partial charge in [-0.1, -0.05) is 23.8 Å². The highest BCUT2D eigenvalue weighted by molar-refractivity contribution is 5.51. The van der Waals surface area contributed by atoms with Crippen LogP contribution in [0.2, 0.25) is 0 Å². The lowest BCUT2D eigenvalue weighted by atomic mass is 9.78. The second kappa shape index (κ2) is 4.40.